The van der Waals surface area contributed by atoms with Crippen molar-refractivity contribution in [3.05, 3.63) is 81.9 Å². The molecule has 6 rings (SSSR count). The van der Waals surface area contributed by atoms with Crippen LogP contribution >= 0.6 is 11.3 Å². The van der Waals surface area contributed by atoms with Gasteiger partial charge in [0, 0.05) is 5.56 Å². The van der Waals surface area contributed by atoms with Crippen LogP contribution in [0.1, 0.15) is 49.7 Å². The number of carbonyl (C=O) groups excluding carboxylic acids is 2. The number of rotatable bonds is 5. The summed E-state index contributed by atoms with van der Waals surface area (Å²) in [7, 11) is 0. The smallest absolute Gasteiger partial charge is 0.261 e. The van der Waals surface area contributed by atoms with Gasteiger partial charge in [-0.1, -0.05) is 35.6 Å². The molecule has 0 fully saturated rings. The molecule has 0 atom stereocenters. The highest BCUT2D eigenvalue weighted by Gasteiger charge is 2.35. The zero-order chi connectivity index (χ0) is 23.1. The molecule has 8 nitrogen and oxygen atoms in total. The van der Waals surface area contributed by atoms with Gasteiger partial charge in [0.1, 0.15) is 5.01 Å². The Morgan fingerprint density at radius 3 is 2.32 bits per heavy atom. The van der Waals surface area contributed by atoms with Crippen molar-refractivity contribution in [1.82, 2.24) is 25.3 Å². The molecule has 2 aromatic carbocycles. The van der Waals surface area contributed by atoms with Crippen molar-refractivity contribution < 1.29 is 9.59 Å². The van der Waals surface area contributed by atoms with Gasteiger partial charge in [-0.3, -0.25) is 14.5 Å². The van der Waals surface area contributed by atoms with Crippen molar-refractivity contribution in [3.8, 4) is 11.3 Å². The molecule has 0 bridgehead atoms. The largest absolute Gasteiger partial charge is 0.313 e. The van der Waals surface area contributed by atoms with Gasteiger partial charge >= 0.3 is 0 Å². The summed E-state index contributed by atoms with van der Waals surface area (Å²) in [6.07, 6.45) is 4.78. The number of fused-ring (bicyclic) bond motifs is 2. The van der Waals surface area contributed by atoms with Gasteiger partial charge in [0.25, 0.3) is 11.8 Å². The molecule has 34 heavy (non-hydrogen) atoms. The Labute approximate surface area is 199 Å². The van der Waals surface area contributed by atoms with Crippen molar-refractivity contribution in [1.29, 1.82) is 0 Å². The van der Waals surface area contributed by atoms with Crippen LogP contribution in [0.3, 0.4) is 0 Å². The van der Waals surface area contributed by atoms with Crippen molar-refractivity contribution in [2.45, 2.75) is 32.2 Å². The maximum atomic E-state index is 12.6. The second-order valence-electron chi connectivity index (χ2n) is 8.36. The maximum absolute atomic E-state index is 12.6. The van der Waals surface area contributed by atoms with E-state index in [4.69, 9.17) is 0 Å². The van der Waals surface area contributed by atoms with Crippen LogP contribution < -0.4 is 5.32 Å². The van der Waals surface area contributed by atoms with Crippen LogP contribution in [0.2, 0.25) is 0 Å². The molecule has 168 valence electrons. The van der Waals surface area contributed by atoms with Gasteiger partial charge in [-0.05, 0) is 67.1 Å². The van der Waals surface area contributed by atoms with Crippen molar-refractivity contribution in [3.63, 3.8) is 0 Å². The topological polar surface area (TPSA) is 101 Å². The van der Waals surface area contributed by atoms with E-state index in [0.717, 1.165) is 24.1 Å². The van der Waals surface area contributed by atoms with E-state index < -0.39 is 0 Å². The number of imide groups is 1. The Morgan fingerprint density at radius 1 is 0.824 bits per heavy atom. The quantitative estimate of drug-likeness (QED) is 0.433. The standard InChI is InChI=1S/C25H20N6O2S/c32-23-18-7-3-4-8-19(18)24(33)31(23)14-22-29-30-25(34-22)26-21-12-11-20(27-28-21)17-10-9-15-5-1-2-6-16(15)13-17/h3-4,7-13H,1-2,5-6,14H2,(H,26,28,30). The van der Waals surface area contributed by atoms with E-state index in [-0.39, 0.29) is 18.4 Å². The van der Waals surface area contributed by atoms with E-state index in [1.807, 2.05) is 12.1 Å². The summed E-state index contributed by atoms with van der Waals surface area (Å²) < 4.78 is 0. The molecule has 0 saturated carbocycles. The van der Waals surface area contributed by atoms with Crippen LogP contribution in [0.5, 0.6) is 0 Å². The Morgan fingerprint density at radius 2 is 1.59 bits per heavy atom. The molecule has 9 heteroatoms. The Balaban J connectivity index is 1.13. The number of amides is 2. The Bertz CT molecular complexity index is 1380. The summed E-state index contributed by atoms with van der Waals surface area (Å²) in [6.45, 7) is 0.0780. The molecule has 4 aromatic rings. The first kappa shape index (κ1) is 20.6. The summed E-state index contributed by atoms with van der Waals surface area (Å²) in [4.78, 5) is 26.3. The van der Waals surface area contributed by atoms with Crippen LogP contribution in [0, 0.1) is 0 Å². The maximum Gasteiger partial charge on any atom is 0.261 e. The second kappa shape index (κ2) is 8.42. The predicted octanol–water partition coefficient (Wildman–Crippen LogP) is 4.41. The molecule has 0 saturated heterocycles. The van der Waals surface area contributed by atoms with Crippen molar-refractivity contribution in [2.75, 3.05) is 5.32 Å². The lowest BCUT2D eigenvalue weighted by molar-refractivity contribution is 0.0642. The first-order chi connectivity index (χ1) is 16.7. The molecule has 2 aromatic heterocycles. The fourth-order valence-electron chi connectivity index (χ4n) is 4.44. The SMILES string of the molecule is O=C1c2ccccc2C(=O)N1Cc1nnc(Nc2ccc(-c3ccc4c(c3)CCCC4)nn2)s1. The van der Waals surface area contributed by atoms with Gasteiger partial charge in [-0.15, -0.1) is 20.4 Å². The fourth-order valence-corrected chi connectivity index (χ4v) is 5.18. The monoisotopic (exact) mass is 468 g/mol. The van der Waals surface area contributed by atoms with Crippen molar-refractivity contribution >= 4 is 34.1 Å². The predicted molar refractivity (Wildman–Crippen MR) is 128 cm³/mol. The number of hydrogen-bond acceptors (Lipinski definition) is 8. The Kier molecular flexibility index (Phi) is 5.10. The van der Waals surface area contributed by atoms with E-state index in [1.54, 1.807) is 24.3 Å². The number of nitrogens with zero attached hydrogens (tertiary/aromatic N) is 5. The average molecular weight is 469 g/mol. The highest BCUT2D eigenvalue weighted by molar-refractivity contribution is 7.15. The van der Waals surface area contributed by atoms with Gasteiger partial charge in [-0.25, -0.2) is 0 Å². The lowest BCUT2D eigenvalue weighted by Crippen LogP contribution is -2.29. The molecule has 0 unspecified atom stereocenters. The van der Waals surface area contributed by atoms with E-state index in [9.17, 15) is 9.59 Å². The van der Waals surface area contributed by atoms with Gasteiger partial charge in [0.2, 0.25) is 5.13 Å². The van der Waals surface area contributed by atoms with Crippen LogP contribution in [-0.4, -0.2) is 37.1 Å². The minimum atomic E-state index is -0.311. The van der Waals surface area contributed by atoms with Crippen LogP contribution in [-0.2, 0) is 19.4 Å². The molecule has 1 aliphatic heterocycles. The molecule has 1 aliphatic carbocycles. The minimum Gasteiger partial charge on any atom is -0.313 e. The summed E-state index contributed by atoms with van der Waals surface area (Å²) in [5.41, 5.74) is 5.58. The second-order valence-corrected chi connectivity index (χ2v) is 9.42. The molecule has 3 heterocycles. The lowest BCUT2D eigenvalue weighted by Gasteiger charge is -2.16. The highest BCUT2D eigenvalue weighted by atomic mass is 32.1. The number of nitrogens with one attached hydrogen (secondary N) is 1. The van der Waals surface area contributed by atoms with Gasteiger partial charge in [0.05, 0.1) is 23.4 Å². The summed E-state index contributed by atoms with van der Waals surface area (Å²) in [5, 5.41) is 21.1. The third-order valence-electron chi connectivity index (χ3n) is 6.18. The van der Waals surface area contributed by atoms with Crippen LogP contribution in [0.25, 0.3) is 11.3 Å². The zero-order valence-electron chi connectivity index (χ0n) is 18.2. The number of anilines is 2. The first-order valence-corrected chi connectivity index (χ1v) is 12.0. The number of aromatic nitrogens is 4. The van der Waals surface area contributed by atoms with Crippen molar-refractivity contribution in [2.24, 2.45) is 0 Å². The average Bonchev–Trinajstić information content (AvgIpc) is 3.42. The molecular formula is C25H20N6O2S. The molecule has 1 N–H and O–H groups in total. The normalized spacial score (nSPS) is 14.8. The Hall–Kier alpha value is -3.98. The number of benzene rings is 2. The van der Waals surface area contributed by atoms with E-state index in [1.165, 1.54) is 40.2 Å². The van der Waals surface area contributed by atoms with E-state index >= 15 is 0 Å². The van der Waals surface area contributed by atoms with Crippen LogP contribution in [0.15, 0.2) is 54.6 Å². The van der Waals surface area contributed by atoms with Gasteiger partial charge in [-0.2, -0.15) is 0 Å². The summed E-state index contributed by atoms with van der Waals surface area (Å²) in [6, 6.07) is 17.1. The van der Waals surface area contributed by atoms with Gasteiger partial charge < -0.3 is 5.32 Å². The number of aryl methyl sites for hydroxylation is 2. The third kappa shape index (κ3) is 3.73. The molecular weight excluding hydrogens is 448 g/mol. The lowest BCUT2D eigenvalue weighted by atomic mass is 9.90. The minimum absolute atomic E-state index is 0.0780. The molecule has 2 aliphatic rings. The van der Waals surface area contributed by atoms with E-state index in [0.29, 0.717) is 27.1 Å². The summed E-state index contributed by atoms with van der Waals surface area (Å²) in [5.74, 6) is -0.0759. The van der Waals surface area contributed by atoms with E-state index in [2.05, 4.69) is 43.9 Å². The fraction of sp³-hybridized carbons (Fsp3) is 0.200. The first-order valence-electron chi connectivity index (χ1n) is 11.2. The number of hydrogen-bond donors (Lipinski definition) is 1. The molecule has 0 radical (unpaired) electrons. The van der Waals surface area contributed by atoms with Crippen LogP contribution in [0.4, 0.5) is 10.9 Å². The third-order valence-corrected chi connectivity index (χ3v) is 7.01. The van der Waals surface area contributed by atoms with Gasteiger partial charge in [0.15, 0.2) is 5.82 Å². The molecule has 0 spiro atoms. The zero-order valence-corrected chi connectivity index (χ0v) is 19.0. The summed E-state index contributed by atoms with van der Waals surface area (Å²) >= 11 is 1.27. The number of carbonyl (C=O) groups is 2. The highest BCUT2D eigenvalue weighted by Crippen LogP contribution is 2.28. The molecule has 2 amide bonds.